The topological polar surface area (TPSA) is 3.24 Å². The molecule has 0 bridgehead atoms. The summed E-state index contributed by atoms with van der Waals surface area (Å²) in [5.74, 6) is 1.64. The quantitative estimate of drug-likeness (QED) is 0.727. The van der Waals surface area contributed by atoms with Crippen molar-refractivity contribution in [2.24, 2.45) is 5.92 Å². The smallest absolute Gasteiger partial charge is 0.0328 e. The fourth-order valence-corrected chi connectivity index (χ4v) is 3.91. The highest BCUT2D eigenvalue weighted by atomic mass is 35.5. The van der Waals surface area contributed by atoms with E-state index in [1.54, 1.807) is 0 Å². The second-order valence-electron chi connectivity index (χ2n) is 4.94. The predicted molar refractivity (Wildman–Crippen MR) is 77.0 cm³/mol. The summed E-state index contributed by atoms with van der Waals surface area (Å²) in [6.07, 6.45) is 5.06. The summed E-state index contributed by atoms with van der Waals surface area (Å²) in [4.78, 5) is 5.63. The Labute approximate surface area is 114 Å². The Morgan fingerprint density at radius 1 is 1.41 bits per heavy atom. The summed E-state index contributed by atoms with van der Waals surface area (Å²) >= 11 is 7.82. The van der Waals surface area contributed by atoms with Crippen LogP contribution in [-0.2, 0) is 13.0 Å². The number of nitrogens with zero attached hydrogens (tertiary/aromatic N) is 1. The average molecular weight is 272 g/mol. The van der Waals surface area contributed by atoms with Crippen LogP contribution in [0.2, 0.25) is 0 Å². The van der Waals surface area contributed by atoms with Gasteiger partial charge in [-0.3, -0.25) is 4.90 Å². The molecular weight excluding hydrogens is 250 g/mol. The predicted octanol–water partition coefficient (Wildman–Crippen LogP) is 4.15. The van der Waals surface area contributed by atoms with Crippen molar-refractivity contribution in [3.05, 3.63) is 21.9 Å². The average Bonchev–Trinajstić information content (AvgIpc) is 2.78. The molecule has 1 aliphatic rings. The van der Waals surface area contributed by atoms with Crippen molar-refractivity contribution in [3.8, 4) is 0 Å². The van der Waals surface area contributed by atoms with Crippen LogP contribution in [0.5, 0.6) is 0 Å². The number of alkyl halides is 1. The molecule has 1 aromatic heterocycles. The number of halogens is 1. The molecular formula is C14H22ClNS. The molecule has 96 valence electrons. The van der Waals surface area contributed by atoms with Crippen LogP contribution < -0.4 is 0 Å². The van der Waals surface area contributed by atoms with Crippen molar-refractivity contribution < 1.29 is 0 Å². The van der Waals surface area contributed by atoms with Gasteiger partial charge in [-0.2, -0.15) is 0 Å². The van der Waals surface area contributed by atoms with Gasteiger partial charge in [0.25, 0.3) is 0 Å². The molecule has 0 spiro atoms. The first-order chi connectivity index (χ1) is 8.31. The second-order valence-corrected chi connectivity index (χ2v) is 6.57. The first-order valence-corrected chi connectivity index (χ1v) is 8.02. The van der Waals surface area contributed by atoms with Crippen LogP contribution in [0.1, 0.15) is 35.9 Å². The third-order valence-corrected chi connectivity index (χ3v) is 5.00. The molecule has 1 unspecified atom stereocenters. The highest BCUT2D eigenvalue weighted by Crippen LogP contribution is 2.24. The van der Waals surface area contributed by atoms with Crippen LogP contribution in [0.15, 0.2) is 12.1 Å². The lowest BCUT2D eigenvalue weighted by Gasteiger charge is -2.32. The maximum absolute atomic E-state index is 5.85. The van der Waals surface area contributed by atoms with Gasteiger partial charge in [0.2, 0.25) is 0 Å². The lowest BCUT2D eigenvalue weighted by molar-refractivity contribution is 0.166. The fraction of sp³-hybridized carbons (Fsp3) is 0.714. The monoisotopic (exact) mass is 271 g/mol. The van der Waals surface area contributed by atoms with Gasteiger partial charge in [-0.1, -0.05) is 6.92 Å². The first kappa shape index (κ1) is 13.4. The minimum absolute atomic E-state index is 0.817. The normalized spacial score (nSPS) is 21.9. The first-order valence-electron chi connectivity index (χ1n) is 6.67. The van der Waals surface area contributed by atoms with Crippen LogP contribution in [0.3, 0.4) is 0 Å². The van der Waals surface area contributed by atoms with E-state index in [1.807, 2.05) is 11.3 Å². The maximum Gasteiger partial charge on any atom is 0.0328 e. The number of piperidine rings is 1. The molecule has 1 nitrogen and oxygen atoms in total. The summed E-state index contributed by atoms with van der Waals surface area (Å²) in [6, 6.07) is 4.58. The van der Waals surface area contributed by atoms with E-state index in [4.69, 9.17) is 11.6 Å². The lowest BCUT2D eigenvalue weighted by atomic mass is 9.95. The number of rotatable bonds is 5. The molecule has 17 heavy (non-hydrogen) atoms. The molecule has 0 amide bonds. The Balaban J connectivity index is 1.85. The zero-order valence-electron chi connectivity index (χ0n) is 10.6. The summed E-state index contributed by atoms with van der Waals surface area (Å²) in [5.41, 5.74) is 0. The SMILES string of the molecule is CCc1ccc(CN2CCCC(CCCl)C2)s1. The van der Waals surface area contributed by atoms with Crippen LogP contribution >= 0.6 is 22.9 Å². The molecule has 1 aromatic rings. The number of likely N-dealkylation sites (tertiary alicyclic amines) is 1. The van der Waals surface area contributed by atoms with Gasteiger partial charge < -0.3 is 0 Å². The molecule has 0 aromatic carbocycles. The molecule has 3 heteroatoms. The van der Waals surface area contributed by atoms with E-state index < -0.39 is 0 Å². The lowest BCUT2D eigenvalue weighted by Crippen LogP contribution is -2.34. The molecule has 2 rings (SSSR count). The largest absolute Gasteiger partial charge is 0.298 e. The second kappa shape index (κ2) is 6.77. The van der Waals surface area contributed by atoms with Gasteiger partial charge in [0, 0.05) is 28.7 Å². The summed E-state index contributed by atoms with van der Waals surface area (Å²) in [5, 5.41) is 0. The van der Waals surface area contributed by atoms with Crippen molar-refractivity contribution in [2.45, 2.75) is 39.2 Å². The molecule has 1 aliphatic heterocycles. The van der Waals surface area contributed by atoms with Crippen molar-refractivity contribution >= 4 is 22.9 Å². The number of hydrogen-bond acceptors (Lipinski definition) is 2. The molecule has 1 fully saturated rings. The Morgan fingerprint density at radius 3 is 2.94 bits per heavy atom. The van der Waals surface area contributed by atoms with Gasteiger partial charge >= 0.3 is 0 Å². The molecule has 0 radical (unpaired) electrons. The van der Waals surface area contributed by atoms with E-state index in [2.05, 4.69) is 24.0 Å². The van der Waals surface area contributed by atoms with Crippen LogP contribution in [0, 0.1) is 5.92 Å². The van der Waals surface area contributed by atoms with Gasteiger partial charge in [-0.15, -0.1) is 22.9 Å². The Hall–Kier alpha value is -0.0500. The standard InChI is InChI=1S/C14H22ClNS/c1-2-13-5-6-14(17-13)11-16-9-3-4-12(10-16)7-8-15/h5-6,12H,2-4,7-11H2,1H3. The Bertz CT molecular complexity index is 335. The van der Waals surface area contributed by atoms with Gasteiger partial charge in [0.15, 0.2) is 0 Å². The fourth-order valence-electron chi connectivity index (χ4n) is 2.60. The van der Waals surface area contributed by atoms with Gasteiger partial charge in [0.1, 0.15) is 0 Å². The molecule has 1 saturated heterocycles. The third-order valence-electron chi connectivity index (χ3n) is 3.57. The van der Waals surface area contributed by atoms with E-state index in [0.29, 0.717) is 0 Å². The number of thiophene rings is 1. The minimum Gasteiger partial charge on any atom is -0.298 e. The van der Waals surface area contributed by atoms with Crippen molar-refractivity contribution in [3.63, 3.8) is 0 Å². The highest BCUT2D eigenvalue weighted by Gasteiger charge is 2.19. The molecule has 1 atom stereocenters. The highest BCUT2D eigenvalue weighted by molar-refractivity contribution is 7.11. The van der Waals surface area contributed by atoms with Crippen molar-refractivity contribution in [2.75, 3.05) is 19.0 Å². The minimum atomic E-state index is 0.817. The molecule has 2 heterocycles. The van der Waals surface area contributed by atoms with Gasteiger partial charge in [-0.05, 0) is 50.3 Å². The zero-order chi connectivity index (χ0) is 12.1. The Kier molecular flexibility index (Phi) is 5.33. The van der Waals surface area contributed by atoms with Gasteiger partial charge in [0.05, 0.1) is 0 Å². The molecule has 0 saturated carbocycles. The van der Waals surface area contributed by atoms with Crippen molar-refractivity contribution in [1.29, 1.82) is 0 Å². The van der Waals surface area contributed by atoms with E-state index in [1.165, 1.54) is 48.5 Å². The molecule has 0 aliphatic carbocycles. The van der Waals surface area contributed by atoms with Gasteiger partial charge in [-0.25, -0.2) is 0 Å². The van der Waals surface area contributed by atoms with Crippen LogP contribution in [0.4, 0.5) is 0 Å². The summed E-state index contributed by atoms with van der Waals surface area (Å²) in [6.45, 7) is 5.88. The number of hydrogen-bond donors (Lipinski definition) is 0. The maximum atomic E-state index is 5.85. The van der Waals surface area contributed by atoms with E-state index in [0.717, 1.165) is 18.3 Å². The number of aryl methyl sites for hydroxylation is 1. The van der Waals surface area contributed by atoms with E-state index >= 15 is 0 Å². The van der Waals surface area contributed by atoms with Crippen LogP contribution in [-0.4, -0.2) is 23.9 Å². The van der Waals surface area contributed by atoms with Crippen LogP contribution in [0.25, 0.3) is 0 Å². The zero-order valence-corrected chi connectivity index (χ0v) is 12.2. The van der Waals surface area contributed by atoms with E-state index in [9.17, 15) is 0 Å². The third kappa shape index (κ3) is 3.97. The summed E-state index contributed by atoms with van der Waals surface area (Å²) in [7, 11) is 0. The Morgan fingerprint density at radius 2 is 2.24 bits per heavy atom. The summed E-state index contributed by atoms with van der Waals surface area (Å²) < 4.78 is 0. The van der Waals surface area contributed by atoms with Crippen molar-refractivity contribution in [1.82, 2.24) is 4.90 Å². The molecule has 0 N–H and O–H groups in total. The van der Waals surface area contributed by atoms with E-state index in [-0.39, 0.29) is 0 Å².